The van der Waals surface area contributed by atoms with Crippen LogP contribution in [0.15, 0.2) is 60.8 Å². The van der Waals surface area contributed by atoms with Gasteiger partial charge in [0.05, 0.1) is 19.0 Å². The fraction of sp³-hybridized carbons (Fsp3) is 0.318. The van der Waals surface area contributed by atoms with Gasteiger partial charge in [0.15, 0.2) is 0 Å². The largest absolute Gasteiger partial charge is 0.497 e. The Hall–Kier alpha value is -2.63. The van der Waals surface area contributed by atoms with Crippen molar-refractivity contribution in [3.63, 3.8) is 0 Å². The number of H-pyrrole nitrogens is 1. The summed E-state index contributed by atoms with van der Waals surface area (Å²) >= 11 is 0. The summed E-state index contributed by atoms with van der Waals surface area (Å²) in [6.45, 7) is 3.63. The molecule has 2 atom stereocenters. The molecule has 0 saturated carbocycles. The van der Waals surface area contributed by atoms with Crippen LogP contribution in [0.3, 0.4) is 0 Å². The first-order chi connectivity index (χ1) is 13.3. The van der Waals surface area contributed by atoms with Crippen LogP contribution < -0.4 is 10.5 Å². The summed E-state index contributed by atoms with van der Waals surface area (Å²) < 4.78 is 5.26. The second kappa shape index (κ2) is 7.94. The molecule has 1 fully saturated rings. The highest BCUT2D eigenvalue weighted by atomic mass is 16.5. The molecule has 5 heteroatoms. The Morgan fingerprint density at radius 1 is 1.11 bits per heavy atom. The number of benzene rings is 2. The van der Waals surface area contributed by atoms with E-state index in [0.717, 1.165) is 36.6 Å². The number of hydrogen-bond donors (Lipinski definition) is 2. The number of rotatable bonds is 6. The molecule has 0 radical (unpaired) electrons. The minimum atomic E-state index is 0.490. The molecule has 0 aliphatic carbocycles. The lowest BCUT2D eigenvalue weighted by atomic mass is 9.89. The Kier molecular flexibility index (Phi) is 5.23. The maximum absolute atomic E-state index is 6.09. The third-order valence-corrected chi connectivity index (χ3v) is 5.54. The number of nitrogens with zero attached hydrogens (tertiary/aromatic N) is 2. The topological polar surface area (TPSA) is 67.2 Å². The van der Waals surface area contributed by atoms with E-state index in [0.29, 0.717) is 18.4 Å². The van der Waals surface area contributed by atoms with Crippen LogP contribution in [-0.2, 0) is 6.54 Å². The molecule has 1 aliphatic heterocycles. The van der Waals surface area contributed by atoms with Gasteiger partial charge < -0.3 is 10.5 Å². The van der Waals surface area contributed by atoms with Crippen LogP contribution in [0.1, 0.15) is 17.0 Å². The van der Waals surface area contributed by atoms with Gasteiger partial charge in [-0.15, -0.1) is 0 Å². The fourth-order valence-electron chi connectivity index (χ4n) is 4.09. The van der Waals surface area contributed by atoms with Crippen LogP contribution in [0.4, 0.5) is 0 Å². The zero-order valence-electron chi connectivity index (χ0n) is 15.6. The number of methoxy groups -OCH3 is 1. The molecule has 1 saturated heterocycles. The smallest absolute Gasteiger partial charge is 0.118 e. The van der Waals surface area contributed by atoms with Crippen molar-refractivity contribution in [2.24, 2.45) is 11.7 Å². The van der Waals surface area contributed by atoms with E-state index in [-0.39, 0.29) is 0 Å². The van der Waals surface area contributed by atoms with Crippen LogP contribution in [0.25, 0.3) is 11.3 Å². The summed E-state index contributed by atoms with van der Waals surface area (Å²) in [5, 5.41) is 7.45. The van der Waals surface area contributed by atoms with Crippen molar-refractivity contribution < 1.29 is 4.74 Å². The maximum Gasteiger partial charge on any atom is 0.118 e. The van der Waals surface area contributed by atoms with Gasteiger partial charge in [-0.05, 0) is 42.3 Å². The van der Waals surface area contributed by atoms with Gasteiger partial charge in [-0.2, -0.15) is 5.10 Å². The number of aromatic nitrogens is 2. The maximum atomic E-state index is 6.09. The number of hydrogen-bond acceptors (Lipinski definition) is 4. The molecule has 27 heavy (non-hydrogen) atoms. The van der Waals surface area contributed by atoms with Crippen molar-refractivity contribution >= 4 is 0 Å². The van der Waals surface area contributed by atoms with Gasteiger partial charge in [0, 0.05) is 36.7 Å². The first-order valence-electron chi connectivity index (χ1n) is 9.42. The van der Waals surface area contributed by atoms with Crippen molar-refractivity contribution in [2.45, 2.75) is 12.5 Å². The molecule has 2 heterocycles. The molecule has 1 aliphatic rings. The molecular formula is C22H26N4O. The van der Waals surface area contributed by atoms with E-state index in [1.807, 2.05) is 18.3 Å². The van der Waals surface area contributed by atoms with Gasteiger partial charge in [-0.25, -0.2) is 0 Å². The Labute approximate surface area is 160 Å². The summed E-state index contributed by atoms with van der Waals surface area (Å²) in [4.78, 5) is 2.49. The summed E-state index contributed by atoms with van der Waals surface area (Å²) in [5.74, 6) is 1.84. The van der Waals surface area contributed by atoms with Gasteiger partial charge >= 0.3 is 0 Å². The van der Waals surface area contributed by atoms with E-state index < -0.39 is 0 Å². The summed E-state index contributed by atoms with van der Waals surface area (Å²) in [7, 11) is 1.68. The molecule has 0 bridgehead atoms. The first kappa shape index (κ1) is 17.8. The van der Waals surface area contributed by atoms with Crippen molar-refractivity contribution in [1.82, 2.24) is 15.1 Å². The first-order valence-corrected chi connectivity index (χ1v) is 9.42. The average Bonchev–Trinajstić information content (AvgIpc) is 3.36. The van der Waals surface area contributed by atoms with Gasteiger partial charge in [-0.1, -0.05) is 30.3 Å². The Morgan fingerprint density at radius 2 is 1.89 bits per heavy atom. The summed E-state index contributed by atoms with van der Waals surface area (Å²) in [5.41, 5.74) is 10.9. The molecule has 3 N–H and O–H groups in total. The second-order valence-corrected chi connectivity index (χ2v) is 7.21. The number of ether oxygens (including phenoxy) is 1. The number of aromatic amines is 1. The molecule has 3 aromatic rings. The number of nitrogens with two attached hydrogens (primary N) is 1. The van der Waals surface area contributed by atoms with Crippen LogP contribution >= 0.6 is 0 Å². The standard InChI is InChI=1S/C22H26N4O/c1-27-20-9-7-17(8-10-20)22-19(12-24-25-22)14-26-13-18(11-23)21(15-26)16-5-3-2-4-6-16/h2-10,12,18,21H,11,13-15,23H2,1H3,(H,24,25)/t18-,21+/m1/s1. The van der Waals surface area contributed by atoms with Crippen molar-refractivity contribution in [3.05, 3.63) is 71.9 Å². The molecule has 0 amide bonds. The third kappa shape index (κ3) is 3.75. The Balaban J connectivity index is 1.51. The Bertz CT molecular complexity index is 860. The van der Waals surface area contributed by atoms with Crippen molar-refractivity contribution in [2.75, 3.05) is 26.7 Å². The molecule has 4 rings (SSSR count). The Morgan fingerprint density at radius 3 is 2.59 bits per heavy atom. The van der Waals surface area contributed by atoms with Crippen molar-refractivity contribution in [3.8, 4) is 17.0 Å². The lowest BCUT2D eigenvalue weighted by molar-refractivity contribution is 0.317. The second-order valence-electron chi connectivity index (χ2n) is 7.21. The highest BCUT2D eigenvalue weighted by Crippen LogP contribution is 2.34. The zero-order chi connectivity index (χ0) is 18.6. The van der Waals surface area contributed by atoms with Gasteiger partial charge in [0.2, 0.25) is 0 Å². The molecule has 0 spiro atoms. The summed E-state index contributed by atoms with van der Waals surface area (Å²) in [6, 6.07) is 18.8. The molecule has 0 unspecified atom stereocenters. The van der Waals surface area contributed by atoms with E-state index >= 15 is 0 Å². The van der Waals surface area contributed by atoms with E-state index in [4.69, 9.17) is 10.5 Å². The molecule has 1 aromatic heterocycles. The monoisotopic (exact) mass is 362 g/mol. The molecule has 5 nitrogen and oxygen atoms in total. The fourth-order valence-corrected chi connectivity index (χ4v) is 4.09. The zero-order valence-corrected chi connectivity index (χ0v) is 15.6. The minimum Gasteiger partial charge on any atom is -0.497 e. The number of likely N-dealkylation sites (tertiary alicyclic amines) is 1. The van der Waals surface area contributed by atoms with E-state index in [1.54, 1.807) is 7.11 Å². The average molecular weight is 362 g/mol. The quantitative estimate of drug-likeness (QED) is 0.706. The van der Waals surface area contributed by atoms with E-state index in [9.17, 15) is 0 Å². The van der Waals surface area contributed by atoms with E-state index in [2.05, 4.69) is 57.6 Å². The molecular weight excluding hydrogens is 336 g/mol. The highest BCUT2D eigenvalue weighted by molar-refractivity contribution is 5.63. The van der Waals surface area contributed by atoms with Crippen LogP contribution in [0, 0.1) is 5.92 Å². The van der Waals surface area contributed by atoms with Crippen LogP contribution in [-0.4, -0.2) is 41.8 Å². The lowest BCUT2D eigenvalue weighted by Gasteiger charge is -2.17. The van der Waals surface area contributed by atoms with Gasteiger partial charge in [-0.3, -0.25) is 10.00 Å². The minimum absolute atomic E-state index is 0.490. The molecule has 2 aromatic carbocycles. The van der Waals surface area contributed by atoms with Crippen LogP contribution in [0.5, 0.6) is 5.75 Å². The van der Waals surface area contributed by atoms with Gasteiger partial charge in [0.1, 0.15) is 5.75 Å². The normalized spacial score (nSPS) is 20.1. The lowest BCUT2D eigenvalue weighted by Crippen LogP contribution is -2.23. The SMILES string of the molecule is COc1ccc(-c2[nH]ncc2CN2C[C@@H](CN)[C@H](c3ccccc3)C2)cc1. The predicted octanol–water partition coefficient (Wildman–Crippen LogP) is 3.26. The van der Waals surface area contributed by atoms with Gasteiger partial charge in [0.25, 0.3) is 0 Å². The highest BCUT2D eigenvalue weighted by Gasteiger charge is 2.33. The number of nitrogens with one attached hydrogen (secondary N) is 1. The van der Waals surface area contributed by atoms with Crippen molar-refractivity contribution in [1.29, 1.82) is 0 Å². The summed E-state index contributed by atoms with van der Waals surface area (Å²) in [6.07, 6.45) is 1.94. The van der Waals surface area contributed by atoms with E-state index in [1.165, 1.54) is 11.1 Å². The third-order valence-electron chi connectivity index (χ3n) is 5.54. The van der Waals surface area contributed by atoms with Crippen LogP contribution in [0.2, 0.25) is 0 Å². The predicted molar refractivity (Wildman–Crippen MR) is 108 cm³/mol. The molecule has 140 valence electrons.